The molecule has 0 aliphatic rings. The molecule has 0 saturated carbocycles. The van der Waals surface area contributed by atoms with Gasteiger partial charge in [0, 0.05) is 23.3 Å². The minimum atomic E-state index is -1.29. The second-order valence-electron chi connectivity index (χ2n) is 6.11. The molecule has 0 spiro atoms. The van der Waals surface area contributed by atoms with E-state index in [-0.39, 0.29) is 39.5 Å². The molecule has 0 bridgehead atoms. The van der Waals surface area contributed by atoms with E-state index < -0.39 is 22.8 Å². The van der Waals surface area contributed by atoms with Crippen molar-refractivity contribution in [3.05, 3.63) is 87.2 Å². The molecule has 1 amide bonds. The molecule has 3 aromatic rings. The third-order valence-corrected chi connectivity index (χ3v) is 4.04. The Morgan fingerprint density at radius 3 is 2.10 bits per heavy atom. The maximum absolute atomic E-state index is 12.0. The van der Waals surface area contributed by atoms with Crippen LogP contribution in [0.1, 0.15) is 36.8 Å². The van der Waals surface area contributed by atoms with Crippen LogP contribution >= 0.6 is 0 Å². The fraction of sp³-hybridized carbons (Fsp3) is 0. The van der Waals surface area contributed by atoms with E-state index in [0.29, 0.717) is 0 Å². The molecule has 0 aliphatic carbocycles. The molecule has 31 heavy (non-hydrogen) atoms. The molecule has 0 unspecified atom stereocenters. The summed E-state index contributed by atoms with van der Waals surface area (Å²) in [5.41, 5.74) is 2.07. The zero-order chi connectivity index (χ0) is 22.5. The van der Waals surface area contributed by atoms with Gasteiger partial charge in [0.05, 0.1) is 22.3 Å². The zero-order valence-corrected chi connectivity index (χ0v) is 15.5. The first-order valence-corrected chi connectivity index (χ1v) is 8.54. The minimum absolute atomic E-state index is 0.152. The van der Waals surface area contributed by atoms with Crippen molar-refractivity contribution < 1.29 is 33.9 Å². The van der Waals surface area contributed by atoms with Crippen molar-refractivity contribution >= 4 is 29.7 Å². The van der Waals surface area contributed by atoms with E-state index >= 15 is 0 Å². The lowest BCUT2D eigenvalue weighted by molar-refractivity contribution is -0.384. The lowest BCUT2D eigenvalue weighted by Gasteiger charge is -2.03. The predicted molar refractivity (Wildman–Crippen MR) is 106 cm³/mol. The van der Waals surface area contributed by atoms with Gasteiger partial charge in [-0.25, -0.2) is 15.0 Å². The van der Waals surface area contributed by atoms with Crippen LogP contribution in [-0.2, 0) is 0 Å². The Hall–Kier alpha value is -4.80. The van der Waals surface area contributed by atoms with Gasteiger partial charge in [0.2, 0.25) is 0 Å². The van der Waals surface area contributed by atoms with Crippen molar-refractivity contribution in [2.45, 2.75) is 0 Å². The number of rotatable bonds is 7. The fourth-order valence-corrected chi connectivity index (χ4v) is 2.55. The summed E-state index contributed by atoms with van der Waals surface area (Å²) in [5, 5.41) is 32.7. The Balaban J connectivity index is 1.73. The predicted octanol–water partition coefficient (Wildman–Crippen LogP) is 3.02. The van der Waals surface area contributed by atoms with Crippen molar-refractivity contribution in [2.75, 3.05) is 0 Å². The molecule has 0 radical (unpaired) electrons. The number of amides is 1. The van der Waals surface area contributed by atoms with Gasteiger partial charge in [-0.1, -0.05) is 0 Å². The minimum Gasteiger partial charge on any atom is -0.478 e. The lowest BCUT2D eigenvalue weighted by atomic mass is 10.0. The number of aromatic carboxylic acids is 2. The number of nitrogens with one attached hydrogen (secondary N) is 1. The molecule has 3 N–H and O–H groups in total. The topological polar surface area (TPSA) is 172 Å². The van der Waals surface area contributed by atoms with E-state index in [1.54, 1.807) is 0 Å². The maximum atomic E-state index is 12.0. The Labute approximate surface area is 173 Å². The number of carboxylic acids is 2. The van der Waals surface area contributed by atoms with Gasteiger partial charge in [-0.3, -0.25) is 14.9 Å². The largest absolute Gasteiger partial charge is 0.478 e. The third-order valence-electron chi connectivity index (χ3n) is 4.04. The van der Waals surface area contributed by atoms with E-state index in [1.807, 2.05) is 0 Å². The molecule has 1 heterocycles. The number of furan rings is 1. The molecule has 0 saturated heterocycles. The number of non-ortho nitro benzene ring substituents is 1. The molecule has 0 fully saturated rings. The number of carbonyl (C=O) groups is 3. The van der Waals surface area contributed by atoms with Gasteiger partial charge in [-0.2, -0.15) is 5.10 Å². The summed E-state index contributed by atoms with van der Waals surface area (Å²) < 4.78 is 5.51. The molecular weight excluding hydrogens is 410 g/mol. The van der Waals surface area contributed by atoms with Crippen LogP contribution in [0.25, 0.3) is 11.3 Å². The number of hydrogen-bond donors (Lipinski definition) is 3. The van der Waals surface area contributed by atoms with Gasteiger partial charge >= 0.3 is 11.9 Å². The summed E-state index contributed by atoms with van der Waals surface area (Å²) in [4.78, 5) is 44.5. The molecule has 11 heteroatoms. The number of carbonyl (C=O) groups excluding carboxylic acids is 1. The SMILES string of the molecule is O=C(O)c1cc(C(=O)O)cc(-c2ccc(C=NNC(=O)c3ccc([N+](=O)[O-])cc3)o2)c1. The second-order valence-corrected chi connectivity index (χ2v) is 6.11. The molecule has 0 aliphatic heterocycles. The Bertz CT molecular complexity index is 1180. The first-order chi connectivity index (χ1) is 14.7. The monoisotopic (exact) mass is 423 g/mol. The first-order valence-electron chi connectivity index (χ1n) is 8.54. The molecule has 156 valence electrons. The van der Waals surface area contributed by atoms with E-state index in [4.69, 9.17) is 14.6 Å². The van der Waals surface area contributed by atoms with Gasteiger partial charge < -0.3 is 14.6 Å². The van der Waals surface area contributed by atoms with Crippen molar-refractivity contribution in [3.63, 3.8) is 0 Å². The highest BCUT2D eigenvalue weighted by Gasteiger charge is 2.14. The second kappa shape index (κ2) is 8.69. The lowest BCUT2D eigenvalue weighted by Crippen LogP contribution is -2.17. The summed E-state index contributed by atoms with van der Waals surface area (Å²) in [5.74, 6) is -2.76. The van der Waals surface area contributed by atoms with E-state index in [1.165, 1.54) is 54.7 Å². The maximum Gasteiger partial charge on any atom is 0.335 e. The number of nitro benzene ring substituents is 1. The number of nitrogens with zero attached hydrogens (tertiary/aromatic N) is 2. The highest BCUT2D eigenvalue weighted by Crippen LogP contribution is 2.24. The summed E-state index contributed by atoms with van der Waals surface area (Å²) >= 11 is 0. The Morgan fingerprint density at radius 1 is 0.935 bits per heavy atom. The van der Waals surface area contributed by atoms with Crippen molar-refractivity contribution in [3.8, 4) is 11.3 Å². The molecule has 2 aromatic carbocycles. The summed E-state index contributed by atoms with van der Waals surface area (Å²) in [6.45, 7) is 0. The van der Waals surface area contributed by atoms with Crippen LogP contribution in [0, 0.1) is 10.1 Å². The van der Waals surface area contributed by atoms with E-state index in [9.17, 15) is 24.5 Å². The van der Waals surface area contributed by atoms with Crippen LogP contribution in [0.4, 0.5) is 5.69 Å². The van der Waals surface area contributed by atoms with Gasteiger partial charge in [-0.05, 0) is 42.5 Å². The highest BCUT2D eigenvalue weighted by atomic mass is 16.6. The van der Waals surface area contributed by atoms with Gasteiger partial charge in [0.1, 0.15) is 11.5 Å². The molecule has 0 atom stereocenters. The summed E-state index contributed by atoms with van der Waals surface area (Å²) in [7, 11) is 0. The Kier molecular flexibility index (Phi) is 5.87. The summed E-state index contributed by atoms with van der Waals surface area (Å²) in [6.07, 6.45) is 1.19. The average molecular weight is 423 g/mol. The van der Waals surface area contributed by atoms with Crippen LogP contribution in [0.15, 0.2) is 64.1 Å². The standard InChI is InChI=1S/C20H13N3O8/c24-18(11-1-3-15(4-2-11)23(29)30)22-21-10-16-5-6-17(31-16)12-7-13(19(25)26)9-14(8-12)20(27)28/h1-10H,(H,22,24)(H,25,26)(H,27,28). The Morgan fingerprint density at radius 2 is 1.55 bits per heavy atom. The van der Waals surface area contributed by atoms with Crippen molar-refractivity contribution in [1.29, 1.82) is 0 Å². The smallest absolute Gasteiger partial charge is 0.335 e. The highest BCUT2D eigenvalue weighted by molar-refractivity contribution is 5.96. The van der Waals surface area contributed by atoms with Crippen LogP contribution in [0.3, 0.4) is 0 Å². The molecule has 3 rings (SSSR count). The van der Waals surface area contributed by atoms with E-state index in [0.717, 1.165) is 6.07 Å². The van der Waals surface area contributed by atoms with Crippen molar-refractivity contribution in [1.82, 2.24) is 5.43 Å². The van der Waals surface area contributed by atoms with Gasteiger partial charge in [0.25, 0.3) is 11.6 Å². The molecule has 11 nitrogen and oxygen atoms in total. The third kappa shape index (κ3) is 4.98. The van der Waals surface area contributed by atoms with Crippen LogP contribution in [0.5, 0.6) is 0 Å². The number of carboxylic acid groups (broad SMARTS) is 2. The van der Waals surface area contributed by atoms with Crippen LogP contribution in [0.2, 0.25) is 0 Å². The zero-order valence-electron chi connectivity index (χ0n) is 15.5. The molecular formula is C20H13N3O8. The van der Waals surface area contributed by atoms with Gasteiger partial charge in [0.15, 0.2) is 0 Å². The number of nitro groups is 1. The average Bonchev–Trinajstić information content (AvgIpc) is 3.22. The normalized spacial score (nSPS) is 10.7. The van der Waals surface area contributed by atoms with E-state index in [2.05, 4.69) is 10.5 Å². The quantitative estimate of drug-likeness (QED) is 0.295. The van der Waals surface area contributed by atoms with Gasteiger partial charge in [-0.15, -0.1) is 0 Å². The fourth-order valence-electron chi connectivity index (χ4n) is 2.55. The first kappa shape index (κ1) is 20.9. The number of benzene rings is 2. The van der Waals surface area contributed by atoms with Crippen LogP contribution < -0.4 is 5.43 Å². The van der Waals surface area contributed by atoms with Crippen LogP contribution in [-0.4, -0.2) is 39.2 Å². The number of hydrazone groups is 1. The van der Waals surface area contributed by atoms with Crippen molar-refractivity contribution in [2.24, 2.45) is 5.10 Å². The molecule has 1 aromatic heterocycles. The number of hydrogen-bond acceptors (Lipinski definition) is 7. The summed E-state index contributed by atoms with van der Waals surface area (Å²) in [6, 6.07) is 11.5.